The predicted octanol–water partition coefficient (Wildman–Crippen LogP) is 4.24. The van der Waals surface area contributed by atoms with Crippen molar-refractivity contribution in [1.29, 1.82) is 0 Å². The summed E-state index contributed by atoms with van der Waals surface area (Å²) in [5.74, 6) is 1.35. The molecule has 0 saturated heterocycles. The van der Waals surface area contributed by atoms with Crippen LogP contribution in [0.5, 0.6) is 11.5 Å². The Balaban J connectivity index is 1.37. The van der Waals surface area contributed by atoms with Gasteiger partial charge in [0.15, 0.2) is 11.5 Å². The summed E-state index contributed by atoms with van der Waals surface area (Å²) in [4.78, 5) is 12.7. The molecule has 2 aromatic heterocycles. The first-order chi connectivity index (χ1) is 16.0. The zero-order valence-electron chi connectivity index (χ0n) is 18.6. The van der Waals surface area contributed by atoms with Crippen molar-refractivity contribution in [3.8, 4) is 17.2 Å². The predicted molar refractivity (Wildman–Crippen MR) is 128 cm³/mol. The minimum Gasteiger partial charge on any atom is -0.486 e. The molecule has 0 unspecified atom stereocenters. The molecule has 0 radical (unpaired) electrons. The van der Waals surface area contributed by atoms with Gasteiger partial charge in [-0.2, -0.15) is 10.2 Å². The van der Waals surface area contributed by atoms with E-state index in [1.54, 1.807) is 24.4 Å². The number of nitrogens with one attached hydrogen (secondary N) is 1. The van der Waals surface area contributed by atoms with Crippen LogP contribution in [0.2, 0.25) is 0 Å². The Hall–Kier alpha value is -3.59. The van der Waals surface area contributed by atoms with E-state index in [-0.39, 0.29) is 11.7 Å². The van der Waals surface area contributed by atoms with E-state index in [2.05, 4.69) is 46.6 Å². The fourth-order valence-corrected chi connectivity index (χ4v) is 4.41. The van der Waals surface area contributed by atoms with Crippen molar-refractivity contribution in [2.24, 2.45) is 0 Å². The van der Waals surface area contributed by atoms with Gasteiger partial charge in [-0.1, -0.05) is 17.8 Å². The largest absolute Gasteiger partial charge is 0.486 e. The maximum Gasteiger partial charge on any atom is 0.234 e. The number of rotatable bonds is 5. The monoisotopic (exact) mass is 461 g/mol. The van der Waals surface area contributed by atoms with Gasteiger partial charge in [-0.25, -0.2) is 4.68 Å². The molecule has 1 amide bonds. The topological polar surface area (TPSA) is 91.2 Å². The van der Waals surface area contributed by atoms with Gasteiger partial charge in [0.1, 0.15) is 23.8 Å². The van der Waals surface area contributed by atoms with Gasteiger partial charge in [0.05, 0.1) is 23.3 Å². The van der Waals surface area contributed by atoms with Gasteiger partial charge in [-0.15, -0.1) is 5.10 Å². The third-order valence-corrected chi connectivity index (χ3v) is 6.51. The Morgan fingerprint density at radius 2 is 1.85 bits per heavy atom. The highest BCUT2D eigenvalue weighted by Gasteiger charge is 2.17. The van der Waals surface area contributed by atoms with E-state index < -0.39 is 0 Å². The molecule has 8 nitrogen and oxygen atoms in total. The summed E-state index contributed by atoms with van der Waals surface area (Å²) in [6, 6.07) is 11.6. The smallest absolute Gasteiger partial charge is 0.234 e. The number of fused-ring (bicyclic) bond motifs is 2. The number of aryl methyl sites for hydroxylation is 3. The molecular formula is C24H23N5O3S. The van der Waals surface area contributed by atoms with Crippen LogP contribution in [-0.4, -0.2) is 44.9 Å². The number of hydrogen-bond acceptors (Lipinski definition) is 7. The lowest BCUT2D eigenvalue weighted by Crippen LogP contribution is -2.17. The molecule has 4 aromatic rings. The number of hydrogen-bond donors (Lipinski definition) is 1. The van der Waals surface area contributed by atoms with Gasteiger partial charge in [0.25, 0.3) is 0 Å². The van der Waals surface area contributed by atoms with Gasteiger partial charge < -0.3 is 14.8 Å². The summed E-state index contributed by atoms with van der Waals surface area (Å²) in [6.45, 7) is 7.09. The molecule has 33 heavy (non-hydrogen) atoms. The van der Waals surface area contributed by atoms with E-state index in [9.17, 15) is 4.79 Å². The molecule has 1 N–H and O–H groups in total. The Labute approximate surface area is 195 Å². The summed E-state index contributed by atoms with van der Waals surface area (Å²) >= 11 is 1.33. The highest BCUT2D eigenvalue weighted by molar-refractivity contribution is 8.00. The zero-order valence-corrected chi connectivity index (χ0v) is 19.4. The van der Waals surface area contributed by atoms with Gasteiger partial charge >= 0.3 is 0 Å². The molecule has 0 spiro atoms. The Morgan fingerprint density at radius 3 is 2.67 bits per heavy atom. The van der Waals surface area contributed by atoms with Crippen molar-refractivity contribution < 1.29 is 14.3 Å². The maximum atomic E-state index is 12.7. The van der Waals surface area contributed by atoms with Crippen molar-refractivity contribution in [3.63, 3.8) is 0 Å². The molecule has 0 atom stereocenters. The summed E-state index contributed by atoms with van der Waals surface area (Å²) in [6.07, 6.45) is 1.80. The molecule has 2 aromatic carbocycles. The standard InChI is InChI=1S/C24H23N5O3S/c1-14-4-6-18(10-15(14)2)29-23-19(12-25-29)16(3)27-28-24(23)33-13-22(30)26-17-5-7-20-21(11-17)32-9-8-31-20/h4-7,10-12H,8-9,13H2,1-3H3,(H,26,30). The van der Waals surface area contributed by atoms with Gasteiger partial charge in [-0.05, 0) is 56.2 Å². The number of carbonyl (C=O) groups is 1. The average Bonchev–Trinajstić information content (AvgIpc) is 3.27. The Kier molecular flexibility index (Phi) is 5.63. The number of thioether (sulfide) groups is 1. The quantitative estimate of drug-likeness (QED) is 0.445. The van der Waals surface area contributed by atoms with Crippen LogP contribution in [0.4, 0.5) is 5.69 Å². The number of anilines is 1. The third-order valence-electron chi connectivity index (χ3n) is 5.55. The summed E-state index contributed by atoms with van der Waals surface area (Å²) < 4.78 is 13.0. The fourth-order valence-electron chi connectivity index (χ4n) is 3.64. The van der Waals surface area contributed by atoms with Crippen molar-refractivity contribution in [3.05, 3.63) is 59.4 Å². The van der Waals surface area contributed by atoms with Crippen LogP contribution in [0.3, 0.4) is 0 Å². The van der Waals surface area contributed by atoms with Crippen LogP contribution < -0.4 is 14.8 Å². The van der Waals surface area contributed by atoms with Crippen LogP contribution in [0.25, 0.3) is 16.6 Å². The molecule has 0 fully saturated rings. The fraction of sp³-hybridized carbons (Fsp3) is 0.250. The summed E-state index contributed by atoms with van der Waals surface area (Å²) in [5, 5.41) is 17.7. The molecule has 5 rings (SSSR count). The van der Waals surface area contributed by atoms with Crippen molar-refractivity contribution in [1.82, 2.24) is 20.0 Å². The van der Waals surface area contributed by atoms with E-state index >= 15 is 0 Å². The van der Waals surface area contributed by atoms with E-state index in [1.807, 2.05) is 17.7 Å². The van der Waals surface area contributed by atoms with Crippen LogP contribution in [0.15, 0.2) is 47.6 Å². The van der Waals surface area contributed by atoms with Crippen LogP contribution in [0.1, 0.15) is 16.8 Å². The summed E-state index contributed by atoms with van der Waals surface area (Å²) in [5.41, 5.74) is 5.65. The lowest BCUT2D eigenvalue weighted by molar-refractivity contribution is -0.113. The molecular weight excluding hydrogens is 438 g/mol. The SMILES string of the molecule is Cc1ccc(-n2ncc3c(C)nnc(SCC(=O)Nc4ccc5c(c4)OCCO5)c32)cc1C. The number of amides is 1. The number of aromatic nitrogens is 4. The molecule has 0 saturated carbocycles. The minimum absolute atomic E-state index is 0.149. The second kappa shape index (κ2) is 8.74. The molecule has 168 valence electrons. The molecule has 1 aliphatic rings. The van der Waals surface area contributed by atoms with Crippen LogP contribution in [0, 0.1) is 20.8 Å². The first-order valence-electron chi connectivity index (χ1n) is 10.6. The average molecular weight is 462 g/mol. The highest BCUT2D eigenvalue weighted by Crippen LogP contribution is 2.33. The van der Waals surface area contributed by atoms with E-state index in [4.69, 9.17) is 9.47 Å². The number of carbonyl (C=O) groups excluding carboxylic acids is 1. The van der Waals surface area contributed by atoms with E-state index in [1.165, 1.54) is 22.9 Å². The molecule has 1 aliphatic heterocycles. The third kappa shape index (κ3) is 4.23. The molecule has 9 heteroatoms. The first kappa shape index (κ1) is 21.3. The van der Waals surface area contributed by atoms with Gasteiger partial charge in [0, 0.05) is 17.1 Å². The van der Waals surface area contributed by atoms with E-state index in [0.717, 1.165) is 22.3 Å². The Bertz CT molecular complexity index is 1370. The van der Waals surface area contributed by atoms with Crippen molar-refractivity contribution in [2.75, 3.05) is 24.3 Å². The van der Waals surface area contributed by atoms with Gasteiger partial charge in [-0.3, -0.25) is 4.79 Å². The molecule has 0 bridgehead atoms. The summed E-state index contributed by atoms with van der Waals surface area (Å²) in [7, 11) is 0. The Morgan fingerprint density at radius 1 is 1.03 bits per heavy atom. The van der Waals surface area contributed by atoms with Crippen LogP contribution in [-0.2, 0) is 4.79 Å². The number of ether oxygens (including phenoxy) is 2. The van der Waals surface area contributed by atoms with Crippen LogP contribution >= 0.6 is 11.8 Å². The normalized spacial score (nSPS) is 12.7. The second-order valence-corrected chi connectivity index (χ2v) is 8.84. The van der Waals surface area contributed by atoms with Gasteiger partial charge in [0.2, 0.25) is 5.91 Å². The molecule has 3 heterocycles. The maximum absolute atomic E-state index is 12.7. The number of nitrogens with zero attached hydrogens (tertiary/aromatic N) is 4. The van der Waals surface area contributed by atoms with Crippen molar-refractivity contribution in [2.45, 2.75) is 25.8 Å². The first-order valence-corrected chi connectivity index (χ1v) is 11.6. The number of benzene rings is 2. The van der Waals surface area contributed by atoms with E-state index in [0.29, 0.717) is 35.4 Å². The highest BCUT2D eigenvalue weighted by atomic mass is 32.2. The lowest BCUT2D eigenvalue weighted by Gasteiger charge is -2.19. The minimum atomic E-state index is -0.149. The molecule has 0 aliphatic carbocycles. The lowest BCUT2D eigenvalue weighted by atomic mass is 10.1. The van der Waals surface area contributed by atoms with Crippen molar-refractivity contribution >= 4 is 34.3 Å². The zero-order chi connectivity index (χ0) is 22.9. The second-order valence-electron chi connectivity index (χ2n) is 7.87.